The number of hydrogen-bond acceptors (Lipinski definition) is 4. The zero-order valence-electron chi connectivity index (χ0n) is 9.13. The number of amides is 1. The van der Waals surface area contributed by atoms with Gasteiger partial charge in [0.2, 0.25) is 5.91 Å². The number of phenols is 1. The van der Waals surface area contributed by atoms with E-state index in [0.29, 0.717) is 0 Å². The molecule has 0 fully saturated rings. The lowest BCUT2D eigenvalue weighted by molar-refractivity contribution is -0.114. The molecule has 4 N–H and O–H groups in total. The highest BCUT2D eigenvalue weighted by molar-refractivity contribution is 6.35. The van der Waals surface area contributed by atoms with Crippen LogP contribution >= 0.6 is 11.6 Å². The van der Waals surface area contributed by atoms with Crippen LogP contribution in [-0.2, 0) is 4.79 Å². The zero-order chi connectivity index (χ0) is 13.4. The molecular weight excluding hydrogens is 262 g/mol. The topological polar surface area (TPSA) is 115 Å². The van der Waals surface area contributed by atoms with Gasteiger partial charge in [0.05, 0.1) is 16.2 Å². The Labute approximate surface area is 104 Å². The van der Waals surface area contributed by atoms with Crippen LogP contribution in [0.1, 0.15) is 6.92 Å². The number of carbonyl (C=O) groups is 1. The molecule has 0 aliphatic rings. The highest BCUT2D eigenvalue weighted by Gasteiger charge is 2.13. The summed E-state index contributed by atoms with van der Waals surface area (Å²) < 4.78 is 0. The maximum Gasteiger partial charge on any atom is 0.314 e. The molecule has 8 heteroatoms. The van der Waals surface area contributed by atoms with Gasteiger partial charge in [-0.3, -0.25) is 14.4 Å². The average molecular weight is 270 g/mol. The van der Waals surface area contributed by atoms with Gasteiger partial charge in [-0.2, -0.15) is 0 Å². The predicted molar refractivity (Wildman–Crippen MR) is 66.2 cm³/mol. The number of fused-ring (bicyclic) bond motifs is 1. The molecule has 2 rings (SSSR count). The number of carbonyl (C=O) groups excluding carboxylic acids is 1. The van der Waals surface area contributed by atoms with Gasteiger partial charge in [0.15, 0.2) is 5.75 Å². The molecule has 0 saturated carbocycles. The highest BCUT2D eigenvalue weighted by Crippen LogP contribution is 2.34. The first-order valence-electron chi connectivity index (χ1n) is 4.85. The van der Waals surface area contributed by atoms with E-state index in [9.17, 15) is 19.5 Å². The van der Waals surface area contributed by atoms with Crippen molar-refractivity contribution in [2.45, 2.75) is 6.92 Å². The zero-order valence-corrected chi connectivity index (χ0v) is 9.88. The van der Waals surface area contributed by atoms with Gasteiger partial charge in [-0.05, 0) is 6.07 Å². The summed E-state index contributed by atoms with van der Waals surface area (Å²) in [6.07, 6.45) is 0. The number of rotatable bonds is 1. The molecule has 0 unspecified atom stereocenters. The molecule has 0 atom stereocenters. The Morgan fingerprint density at radius 1 is 1.28 bits per heavy atom. The second-order valence-electron chi connectivity index (χ2n) is 3.59. The molecule has 7 nitrogen and oxygen atoms in total. The molecule has 94 valence electrons. The lowest BCUT2D eigenvalue weighted by Crippen LogP contribution is -2.29. The first-order chi connectivity index (χ1) is 8.40. The van der Waals surface area contributed by atoms with Crippen LogP contribution in [0.25, 0.3) is 11.0 Å². The molecule has 1 aromatic heterocycles. The lowest BCUT2D eigenvalue weighted by Gasteiger charge is -2.09. The Hall–Kier alpha value is -2.28. The number of benzene rings is 1. The first kappa shape index (κ1) is 12.2. The van der Waals surface area contributed by atoms with E-state index in [1.54, 1.807) is 0 Å². The van der Waals surface area contributed by atoms with Crippen molar-refractivity contribution < 1.29 is 9.90 Å². The minimum Gasteiger partial charge on any atom is -0.504 e. The van der Waals surface area contributed by atoms with Crippen LogP contribution in [0, 0.1) is 0 Å². The number of phenolic OH excluding ortho intramolecular Hbond substituents is 1. The Morgan fingerprint density at radius 3 is 2.39 bits per heavy atom. The maximum atomic E-state index is 11.2. The minimum absolute atomic E-state index is 0.0442. The van der Waals surface area contributed by atoms with E-state index in [0.717, 1.165) is 0 Å². The van der Waals surface area contributed by atoms with E-state index in [1.165, 1.54) is 13.0 Å². The summed E-state index contributed by atoms with van der Waals surface area (Å²) in [7, 11) is 0. The lowest BCUT2D eigenvalue weighted by atomic mass is 10.2. The summed E-state index contributed by atoms with van der Waals surface area (Å²) in [5.74, 6) is -0.787. The van der Waals surface area contributed by atoms with E-state index < -0.39 is 17.0 Å². The summed E-state index contributed by atoms with van der Waals surface area (Å²) >= 11 is 5.89. The highest BCUT2D eigenvalue weighted by atomic mass is 35.5. The Bertz CT molecular complexity index is 762. The van der Waals surface area contributed by atoms with Gasteiger partial charge in [0, 0.05) is 6.92 Å². The smallest absolute Gasteiger partial charge is 0.314 e. The third-order valence-electron chi connectivity index (χ3n) is 2.25. The average Bonchev–Trinajstić information content (AvgIpc) is 2.28. The molecule has 1 amide bonds. The Balaban J connectivity index is 2.85. The fourth-order valence-electron chi connectivity index (χ4n) is 1.51. The van der Waals surface area contributed by atoms with Crippen LogP contribution in [0.4, 0.5) is 5.69 Å². The van der Waals surface area contributed by atoms with Crippen molar-refractivity contribution in [3.8, 4) is 5.75 Å². The predicted octanol–water partition coefficient (Wildman–Crippen LogP) is 0.534. The van der Waals surface area contributed by atoms with Crippen molar-refractivity contribution in [2.24, 2.45) is 0 Å². The van der Waals surface area contributed by atoms with Crippen LogP contribution in [0.5, 0.6) is 5.75 Å². The number of aromatic amines is 2. The summed E-state index contributed by atoms with van der Waals surface area (Å²) in [4.78, 5) is 37.7. The van der Waals surface area contributed by atoms with Gasteiger partial charge in [-0.15, -0.1) is 0 Å². The van der Waals surface area contributed by atoms with E-state index in [1.807, 2.05) is 0 Å². The number of halogens is 1. The Kier molecular flexibility index (Phi) is 2.84. The van der Waals surface area contributed by atoms with Crippen molar-refractivity contribution >= 4 is 34.2 Å². The molecule has 1 aromatic carbocycles. The largest absolute Gasteiger partial charge is 0.504 e. The number of anilines is 1. The SMILES string of the molecule is CC(=O)Nc1cc(Cl)c2[nH]c(=O)c(=O)[nH]c2c1O. The number of hydrogen-bond donors (Lipinski definition) is 4. The van der Waals surface area contributed by atoms with Crippen molar-refractivity contribution in [3.05, 3.63) is 31.8 Å². The molecule has 0 aliphatic heterocycles. The molecule has 0 bridgehead atoms. The standard InChI is InChI=1S/C10H8ClN3O4/c1-3(15)12-5-2-4(11)6-7(8(5)16)14-10(18)9(17)13-6/h2,16H,1H3,(H,12,15)(H,13,17)(H,14,18). The van der Waals surface area contributed by atoms with E-state index in [-0.39, 0.29) is 27.5 Å². The van der Waals surface area contributed by atoms with Crippen LogP contribution < -0.4 is 16.4 Å². The second-order valence-corrected chi connectivity index (χ2v) is 4.00. The van der Waals surface area contributed by atoms with Crippen LogP contribution in [0.15, 0.2) is 15.7 Å². The third kappa shape index (κ3) is 1.95. The van der Waals surface area contributed by atoms with E-state index in [4.69, 9.17) is 11.6 Å². The summed E-state index contributed by atoms with van der Waals surface area (Å²) in [6.45, 7) is 1.26. The number of nitrogens with one attached hydrogen (secondary N) is 3. The van der Waals surface area contributed by atoms with Gasteiger partial charge < -0.3 is 20.4 Å². The molecule has 0 spiro atoms. The van der Waals surface area contributed by atoms with E-state index in [2.05, 4.69) is 15.3 Å². The first-order valence-corrected chi connectivity index (χ1v) is 5.23. The fraction of sp³-hybridized carbons (Fsp3) is 0.100. The van der Waals surface area contributed by atoms with Crippen LogP contribution in [0.2, 0.25) is 5.02 Å². The van der Waals surface area contributed by atoms with Crippen LogP contribution in [-0.4, -0.2) is 21.0 Å². The van der Waals surface area contributed by atoms with Crippen molar-refractivity contribution in [1.29, 1.82) is 0 Å². The van der Waals surface area contributed by atoms with Crippen molar-refractivity contribution in [3.63, 3.8) is 0 Å². The number of aromatic nitrogens is 2. The number of aromatic hydroxyl groups is 1. The fourth-order valence-corrected chi connectivity index (χ4v) is 1.76. The molecule has 2 aromatic rings. The molecule has 0 aliphatic carbocycles. The maximum absolute atomic E-state index is 11.2. The summed E-state index contributed by atoms with van der Waals surface area (Å²) in [6, 6.07) is 1.27. The summed E-state index contributed by atoms with van der Waals surface area (Å²) in [5, 5.41) is 12.3. The van der Waals surface area contributed by atoms with Crippen LogP contribution in [0.3, 0.4) is 0 Å². The van der Waals surface area contributed by atoms with Crippen molar-refractivity contribution in [1.82, 2.24) is 9.97 Å². The van der Waals surface area contributed by atoms with E-state index >= 15 is 0 Å². The quantitative estimate of drug-likeness (QED) is 0.446. The monoisotopic (exact) mass is 269 g/mol. The Morgan fingerprint density at radius 2 is 1.83 bits per heavy atom. The van der Waals surface area contributed by atoms with Gasteiger partial charge in [-0.1, -0.05) is 11.6 Å². The van der Waals surface area contributed by atoms with Gasteiger partial charge in [-0.25, -0.2) is 0 Å². The molecule has 1 heterocycles. The van der Waals surface area contributed by atoms with Gasteiger partial charge in [0.1, 0.15) is 5.52 Å². The number of H-pyrrole nitrogens is 2. The molecule has 0 saturated heterocycles. The molecular formula is C10H8ClN3O4. The third-order valence-corrected chi connectivity index (χ3v) is 2.54. The van der Waals surface area contributed by atoms with Gasteiger partial charge >= 0.3 is 11.1 Å². The molecule has 18 heavy (non-hydrogen) atoms. The second kappa shape index (κ2) is 4.19. The van der Waals surface area contributed by atoms with Gasteiger partial charge in [0.25, 0.3) is 0 Å². The summed E-state index contributed by atoms with van der Waals surface area (Å²) in [5.41, 5.74) is -1.71. The normalized spacial score (nSPS) is 10.6. The van der Waals surface area contributed by atoms with Crippen molar-refractivity contribution in [2.75, 3.05) is 5.32 Å². The minimum atomic E-state index is -0.922. The molecule has 0 radical (unpaired) electrons.